The van der Waals surface area contributed by atoms with Gasteiger partial charge in [-0.25, -0.2) is 4.79 Å². The van der Waals surface area contributed by atoms with E-state index in [-0.39, 0.29) is 18.0 Å². The van der Waals surface area contributed by atoms with Crippen molar-refractivity contribution in [1.29, 1.82) is 0 Å². The predicted molar refractivity (Wildman–Crippen MR) is 101 cm³/mol. The van der Waals surface area contributed by atoms with E-state index >= 15 is 0 Å². The van der Waals surface area contributed by atoms with Crippen molar-refractivity contribution in [2.45, 2.75) is 31.9 Å². The Balaban J connectivity index is 1.47. The van der Waals surface area contributed by atoms with E-state index in [0.29, 0.717) is 25.2 Å². The van der Waals surface area contributed by atoms with Gasteiger partial charge in [0.2, 0.25) is 5.91 Å². The fourth-order valence-corrected chi connectivity index (χ4v) is 3.47. The number of hydrogen-bond donors (Lipinski definition) is 2. The molecule has 2 N–H and O–H groups in total. The fraction of sp³-hybridized carbons (Fsp3) is 0.350. The van der Waals surface area contributed by atoms with E-state index in [9.17, 15) is 9.59 Å². The Morgan fingerprint density at radius 3 is 2.93 bits per heavy atom. The lowest BCUT2D eigenvalue weighted by molar-refractivity contribution is -0.115. The summed E-state index contributed by atoms with van der Waals surface area (Å²) in [4.78, 5) is 30.2. The summed E-state index contributed by atoms with van der Waals surface area (Å²) in [6.45, 7) is 1.78. The average Bonchev–Trinajstić information content (AvgIpc) is 3.30. The third-order valence-corrected chi connectivity index (χ3v) is 4.84. The van der Waals surface area contributed by atoms with Gasteiger partial charge >= 0.3 is 6.03 Å². The summed E-state index contributed by atoms with van der Waals surface area (Å²) >= 11 is 0. The van der Waals surface area contributed by atoms with E-state index in [1.807, 2.05) is 24.3 Å². The molecule has 0 radical (unpaired) electrons. The van der Waals surface area contributed by atoms with Gasteiger partial charge in [0.25, 0.3) is 0 Å². The largest absolute Gasteiger partial charge is 0.376 e. The van der Waals surface area contributed by atoms with Crippen molar-refractivity contribution in [3.63, 3.8) is 0 Å². The minimum Gasteiger partial charge on any atom is -0.376 e. The van der Waals surface area contributed by atoms with Crippen molar-refractivity contribution in [3.8, 4) is 0 Å². The number of nitrogens with zero attached hydrogens (tertiary/aromatic N) is 2. The molecule has 3 heterocycles. The Hall–Kier alpha value is -2.93. The van der Waals surface area contributed by atoms with Gasteiger partial charge in [-0.1, -0.05) is 0 Å². The number of benzene rings is 1. The molecule has 4 rings (SSSR count). The predicted octanol–water partition coefficient (Wildman–Crippen LogP) is 2.79. The number of carbonyl (C=O) groups excluding carboxylic acids is 2. The molecule has 1 aromatic carbocycles. The highest BCUT2D eigenvalue weighted by atomic mass is 16.5. The van der Waals surface area contributed by atoms with Crippen molar-refractivity contribution in [3.05, 3.63) is 53.9 Å². The van der Waals surface area contributed by atoms with Gasteiger partial charge in [-0.15, -0.1) is 0 Å². The molecule has 1 aromatic heterocycles. The third kappa shape index (κ3) is 4.25. The number of carbonyl (C=O) groups is 2. The number of anilines is 2. The van der Waals surface area contributed by atoms with E-state index in [2.05, 4.69) is 15.6 Å². The lowest BCUT2D eigenvalue weighted by Gasteiger charge is -2.26. The number of pyridine rings is 1. The van der Waals surface area contributed by atoms with Crippen molar-refractivity contribution in [2.75, 3.05) is 23.8 Å². The number of nitrogens with one attached hydrogen (secondary N) is 2. The molecule has 0 saturated carbocycles. The zero-order valence-corrected chi connectivity index (χ0v) is 15.0. The Bertz CT molecular complexity index is 834. The summed E-state index contributed by atoms with van der Waals surface area (Å²) in [5.41, 5.74) is 3.41. The van der Waals surface area contributed by atoms with E-state index < -0.39 is 0 Å². The molecular formula is C20H22N4O3. The van der Waals surface area contributed by atoms with Crippen LogP contribution in [0.1, 0.15) is 24.0 Å². The van der Waals surface area contributed by atoms with Crippen LogP contribution in [0.3, 0.4) is 0 Å². The lowest BCUT2D eigenvalue weighted by Crippen LogP contribution is -2.39. The van der Waals surface area contributed by atoms with Crippen LogP contribution in [-0.4, -0.2) is 41.1 Å². The number of rotatable bonds is 5. The topological polar surface area (TPSA) is 83.6 Å². The second kappa shape index (κ2) is 7.75. The van der Waals surface area contributed by atoms with Gasteiger partial charge in [-0.05, 0) is 54.3 Å². The number of ether oxygens (including phenoxy) is 1. The van der Waals surface area contributed by atoms with Crippen LogP contribution in [0.2, 0.25) is 0 Å². The van der Waals surface area contributed by atoms with Gasteiger partial charge in [0, 0.05) is 43.5 Å². The average molecular weight is 366 g/mol. The Kier molecular flexibility index (Phi) is 5.02. The highest BCUT2D eigenvalue weighted by Gasteiger charge is 2.24. The van der Waals surface area contributed by atoms with Gasteiger partial charge in [0.1, 0.15) is 0 Å². The van der Waals surface area contributed by atoms with Crippen LogP contribution < -0.4 is 10.6 Å². The normalized spacial score (nSPS) is 18.1. The van der Waals surface area contributed by atoms with Gasteiger partial charge in [-0.2, -0.15) is 0 Å². The molecule has 1 saturated heterocycles. The first kappa shape index (κ1) is 17.5. The summed E-state index contributed by atoms with van der Waals surface area (Å²) in [6.07, 6.45) is 5.85. The zero-order chi connectivity index (χ0) is 18.6. The van der Waals surface area contributed by atoms with Gasteiger partial charge in [0.15, 0.2) is 0 Å². The van der Waals surface area contributed by atoms with Crippen LogP contribution in [0.5, 0.6) is 0 Å². The van der Waals surface area contributed by atoms with Crippen molar-refractivity contribution < 1.29 is 14.3 Å². The first-order valence-electron chi connectivity index (χ1n) is 9.16. The Morgan fingerprint density at radius 2 is 2.15 bits per heavy atom. The number of fused-ring (bicyclic) bond motifs is 1. The lowest BCUT2D eigenvalue weighted by atomic mass is 10.1. The van der Waals surface area contributed by atoms with Gasteiger partial charge in [0.05, 0.1) is 12.5 Å². The molecule has 0 spiro atoms. The van der Waals surface area contributed by atoms with Gasteiger partial charge in [-0.3, -0.25) is 9.78 Å². The molecular weight excluding hydrogens is 344 g/mol. The zero-order valence-electron chi connectivity index (χ0n) is 15.0. The maximum absolute atomic E-state index is 12.9. The minimum atomic E-state index is -0.181. The molecule has 2 aliphatic rings. The number of hydrogen-bond acceptors (Lipinski definition) is 4. The maximum Gasteiger partial charge on any atom is 0.322 e. The van der Waals surface area contributed by atoms with Crippen molar-refractivity contribution >= 4 is 23.3 Å². The van der Waals surface area contributed by atoms with Crippen LogP contribution in [-0.2, 0) is 22.5 Å². The van der Waals surface area contributed by atoms with Crippen LogP contribution in [0.15, 0.2) is 42.7 Å². The third-order valence-electron chi connectivity index (χ3n) is 4.84. The van der Waals surface area contributed by atoms with Crippen LogP contribution in [0.4, 0.5) is 16.2 Å². The van der Waals surface area contributed by atoms with Crippen LogP contribution in [0, 0.1) is 0 Å². The molecule has 7 nitrogen and oxygen atoms in total. The summed E-state index contributed by atoms with van der Waals surface area (Å²) in [6, 6.07) is 9.11. The van der Waals surface area contributed by atoms with Crippen molar-refractivity contribution in [1.82, 2.24) is 9.88 Å². The molecule has 7 heteroatoms. The molecule has 0 unspecified atom stereocenters. The van der Waals surface area contributed by atoms with Gasteiger partial charge < -0.3 is 20.3 Å². The minimum absolute atomic E-state index is 0.0221. The second-order valence-corrected chi connectivity index (χ2v) is 6.90. The molecule has 140 valence electrons. The van der Waals surface area contributed by atoms with Crippen LogP contribution in [0.25, 0.3) is 0 Å². The number of amides is 3. The van der Waals surface area contributed by atoms with E-state index in [1.54, 1.807) is 23.4 Å². The summed E-state index contributed by atoms with van der Waals surface area (Å²) < 4.78 is 5.71. The highest BCUT2D eigenvalue weighted by molar-refractivity contribution is 6.00. The highest BCUT2D eigenvalue weighted by Crippen LogP contribution is 2.26. The summed E-state index contributed by atoms with van der Waals surface area (Å²) in [5, 5.41) is 5.75. The number of aromatic nitrogens is 1. The molecule has 1 atom stereocenters. The quantitative estimate of drug-likeness (QED) is 0.852. The molecule has 2 aliphatic heterocycles. The first-order valence-corrected chi connectivity index (χ1v) is 9.16. The second-order valence-electron chi connectivity index (χ2n) is 6.90. The van der Waals surface area contributed by atoms with E-state index in [4.69, 9.17) is 4.74 Å². The molecule has 27 heavy (non-hydrogen) atoms. The Labute approximate surface area is 157 Å². The van der Waals surface area contributed by atoms with Crippen molar-refractivity contribution in [2.24, 2.45) is 0 Å². The summed E-state index contributed by atoms with van der Waals surface area (Å²) in [7, 11) is 0. The van der Waals surface area contributed by atoms with E-state index in [0.717, 1.165) is 36.3 Å². The smallest absolute Gasteiger partial charge is 0.322 e. The standard InChI is InChI=1S/C20H22N4O3/c25-19-11-15-10-16(3-4-18(15)23-19)22-20(26)24(13-17-2-1-9-27-17)12-14-5-7-21-8-6-14/h3-8,10,17H,1-2,9,11-13H2,(H,22,26)(H,23,25)/t17-/m0/s1. The monoisotopic (exact) mass is 366 g/mol. The molecule has 1 fully saturated rings. The molecule has 0 bridgehead atoms. The van der Waals surface area contributed by atoms with Crippen LogP contribution >= 0.6 is 0 Å². The molecule has 2 aromatic rings. The number of urea groups is 1. The Morgan fingerprint density at radius 1 is 1.30 bits per heavy atom. The van der Waals surface area contributed by atoms with E-state index in [1.165, 1.54) is 0 Å². The first-order chi connectivity index (χ1) is 13.2. The SMILES string of the molecule is O=C1Cc2cc(NC(=O)N(Cc3ccncc3)C[C@@H]3CCCO3)ccc2N1. The summed E-state index contributed by atoms with van der Waals surface area (Å²) in [5.74, 6) is -0.0221. The fourth-order valence-electron chi connectivity index (χ4n) is 3.47. The molecule has 0 aliphatic carbocycles. The maximum atomic E-state index is 12.9. The molecule has 3 amide bonds.